The first kappa shape index (κ1) is 28.3. The molecule has 3 aromatic carbocycles. The Morgan fingerprint density at radius 3 is 2.26 bits per heavy atom. The Hall–Kier alpha value is -3.87. The highest BCUT2D eigenvalue weighted by Crippen LogP contribution is 2.54. The molecule has 1 N–H and O–H groups in total. The maximum absolute atomic E-state index is 13.8. The number of nitrogens with zero attached hydrogens (tertiary/aromatic N) is 2. The lowest BCUT2D eigenvalue weighted by atomic mass is 9.83. The molecule has 2 unspecified atom stereocenters. The number of halogens is 4. The molecule has 7 nitrogen and oxygen atoms in total. The van der Waals surface area contributed by atoms with E-state index < -0.39 is 63.7 Å². The molecule has 13 heteroatoms. The third kappa shape index (κ3) is 4.93. The van der Waals surface area contributed by atoms with E-state index in [1.165, 1.54) is 12.1 Å². The van der Waals surface area contributed by atoms with Gasteiger partial charge in [-0.2, -0.15) is 13.2 Å². The first-order chi connectivity index (χ1) is 20.0. The van der Waals surface area contributed by atoms with Gasteiger partial charge in [0.25, 0.3) is 0 Å². The first-order valence-electron chi connectivity index (χ1n) is 12.6. The topological polar surface area (TPSA) is 88.5 Å². The maximum atomic E-state index is 13.8. The van der Waals surface area contributed by atoms with Gasteiger partial charge < -0.3 is 5.32 Å². The number of rotatable bonds is 5. The molecule has 42 heavy (non-hydrogen) atoms. The van der Waals surface area contributed by atoms with Crippen molar-refractivity contribution in [2.24, 2.45) is 5.92 Å². The highest BCUT2D eigenvalue weighted by molar-refractivity contribution is 8.00. The Morgan fingerprint density at radius 1 is 0.905 bits per heavy atom. The maximum Gasteiger partial charge on any atom is 0.418 e. The third-order valence-corrected chi connectivity index (χ3v) is 9.96. The Bertz CT molecular complexity index is 1770. The minimum atomic E-state index is -4.70. The van der Waals surface area contributed by atoms with Crippen LogP contribution in [0.5, 0.6) is 0 Å². The number of aromatic nitrogens is 1. The van der Waals surface area contributed by atoms with Gasteiger partial charge in [0.1, 0.15) is 11.8 Å². The number of anilines is 2. The largest absolute Gasteiger partial charge is 0.418 e. The zero-order valence-electron chi connectivity index (χ0n) is 21.3. The van der Waals surface area contributed by atoms with Crippen molar-refractivity contribution in [3.05, 3.63) is 110 Å². The van der Waals surface area contributed by atoms with Gasteiger partial charge in [-0.25, -0.2) is 4.90 Å². The predicted molar refractivity (Wildman–Crippen MR) is 154 cm³/mol. The second-order valence-corrected chi connectivity index (χ2v) is 12.2. The zero-order chi connectivity index (χ0) is 29.8. The molecule has 2 aliphatic heterocycles. The molecule has 1 aromatic heterocycles. The van der Waals surface area contributed by atoms with Crippen molar-refractivity contribution in [2.75, 3.05) is 10.2 Å². The lowest BCUT2D eigenvalue weighted by Gasteiger charge is -2.30. The number of hydrogen-bond donors (Lipinski definition) is 1. The van der Waals surface area contributed by atoms with Crippen LogP contribution >= 0.6 is 34.7 Å². The van der Waals surface area contributed by atoms with Crippen LogP contribution in [0.2, 0.25) is 5.02 Å². The summed E-state index contributed by atoms with van der Waals surface area (Å²) in [7, 11) is 0. The van der Waals surface area contributed by atoms with Gasteiger partial charge in [-0.1, -0.05) is 77.2 Å². The van der Waals surface area contributed by atoms with Gasteiger partial charge in [-0.15, -0.1) is 0 Å². The predicted octanol–water partition coefficient (Wildman–Crippen LogP) is 6.02. The minimum Gasteiger partial charge on any atom is -0.324 e. The molecule has 4 aromatic rings. The highest BCUT2D eigenvalue weighted by atomic mass is 35.5. The quantitative estimate of drug-likeness (QED) is 0.273. The lowest BCUT2D eigenvalue weighted by Crippen LogP contribution is -2.33. The molecule has 0 spiro atoms. The van der Waals surface area contributed by atoms with E-state index in [2.05, 4.69) is 5.32 Å². The van der Waals surface area contributed by atoms with Crippen LogP contribution in [0.25, 0.3) is 0 Å². The van der Waals surface area contributed by atoms with E-state index in [1.54, 1.807) is 54.6 Å². The molecule has 0 bridgehead atoms. The number of para-hydroxylation sites is 2. The van der Waals surface area contributed by atoms with Crippen molar-refractivity contribution < 1.29 is 27.6 Å². The van der Waals surface area contributed by atoms with Crippen LogP contribution in [0.15, 0.2) is 88.7 Å². The van der Waals surface area contributed by atoms with Crippen molar-refractivity contribution in [2.45, 2.75) is 28.9 Å². The number of imide groups is 1. The van der Waals surface area contributed by atoms with Gasteiger partial charge in [0.05, 0.1) is 27.9 Å². The van der Waals surface area contributed by atoms with E-state index in [1.807, 2.05) is 0 Å². The van der Waals surface area contributed by atoms with Gasteiger partial charge in [-0.05, 0) is 42.0 Å². The number of fused-ring (bicyclic) bond motifs is 2. The summed E-state index contributed by atoms with van der Waals surface area (Å²) in [6, 6.07) is 19.8. The molecule has 1 saturated heterocycles. The minimum absolute atomic E-state index is 0.321. The van der Waals surface area contributed by atoms with Crippen LogP contribution in [-0.2, 0) is 27.1 Å². The fraction of sp³-hybridized carbons (Fsp3) is 0.172. The van der Waals surface area contributed by atoms with Crippen LogP contribution in [0.1, 0.15) is 21.9 Å². The molecular formula is C29H19ClF3N3O4S2. The monoisotopic (exact) mass is 629 g/mol. The van der Waals surface area contributed by atoms with Crippen LogP contribution in [0, 0.1) is 5.92 Å². The van der Waals surface area contributed by atoms with Crippen LogP contribution in [-0.4, -0.2) is 27.5 Å². The van der Waals surface area contributed by atoms with Gasteiger partial charge in [0.15, 0.2) is 0 Å². The van der Waals surface area contributed by atoms with Crippen molar-refractivity contribution in [3.8, 4) is 0 Å². The smallest absolute Gasteiger partial charge is 0.324 e. The average Bonchev–Trinajstić information content (AvgIpc) is 3.40. The fourth-order valence-corrected chi connectivity index (χ4v) is 8.19. The number of nitrogens with one attached hydrogen (secondary N) is 1. The number of thioether (sulfide) groups is 1. The number of thiazole rings is 1. The van der Waals surface area contributed by atoms with E-state index in [9.17, 15) is 32.3 Å². The first-order valence-corrected chi connectivity index (χ1v) is 14.7. The standard InChI is InChI=1S/C29H19ClF3N3O4S2/c30-16-12-10-15(11-13-16)21-22-23(26(39)36(25(22)38)17-6-2-1-3-7-17)41-27-24(21)42-28(40)35(27)14-20(37)34-19-9-5-4-8-18(19)29(31,32)33/h1-13,21-23H,14H2,(H,34,37)/t21-,22?,23?/m1/s1. The third-order valence-electron chi connectivity index (χ3n) is 7.10. The van der Waals surface area contributed by atoms with Gasteiger partial charge in [0.2, 0.25) is 17.7 Å². The van der Waals surface area contributed by atoms with Gasteiger partial charge in [0, 0.05) is 15.8 Å². The molecule has 6 rings (SSSR count). The van der Waals surface area contributed by atoms with Gasteiger partial charge >= 0.3 is 11.0 Å². The second kappa shape index (κ2) is 10.8. The van der Waals surface area contributed by atoms with Crippen LogP contribution in [0.4, 0.5) is 24.5 Å². The number of carbonyl (C=O) groups excluding carboxylic acids is 3. The van der Waals surface area contributed by atoms with E-state index in [-0.39, 0.29) is 0 Å². The van der Waals surface area contributed by atoms with E-state index in [0.717, 1.165) is 44.7 Å². The van der Waals surface area contributed by atoms with E-state index in [4.69, 9.17) is 11.6 Å². The van der Waals surface area contributed by atoms with Crippen molar-refractivity contribution in [3.63, 3.8) is 0 Å². The summed E-state index contributed by atoms with van der Waals surface area (Å²) >= 11 is 7.97. The number of alkyl halides is 3. The Balaban J connectivity index is 1.40. The van der Waals surface area contributed by atoms with Crippen molar-refractivity contribution in [1.82, 2.24) is 4.57 Å². The molecule has 1 fully saturated rings. The molecule has 0 radical (unpaired) electrons. The summed E-state index contributed by atoms with van der Waals surface area (Å²) in [5.74, 6) is -3.25. The summed E-state index contributed by atoms with van der Waals surface area (Å²) in [5, 5.41) is 2.14. The van der Waals surface area contributed by atoms with E-state index >= 15 is 0 Å². The summed E-state index contributed by atoms with van der Waals surface area (Å²) in [4.78, 5) is 54.8. The summed E-state index contributed by atoms with van der Waals surface area (Å²) < 4.78 is 41.5. The number of benzene rings is 3. The average molecular weight is 630 g/mol. The Kier molecular flexibility index (Phi) is 7.24. The molecule has 3 amide bonds. The number of carbonyl (C=O) groups is 3. The highest BCUT2D eigenvalue weighted by Gasteiger charge is 2.56. The molecule has 3 atom stereocenters. The normalized spacial score (nSPS) is 19.9. The molecular weight excluding hydrogens is 611 g/mol. The zero-order valence-corrected chi connectivity index (χ0v) is 23.7. The van der Waals surface area contributed by atoms with E-state index in [0.29, 0.717) is 26.2 Å². The molecule has 3 heterocycles. The molecule has 2 aliphatic rings. The second-order valence-electron chi connectivity index (χ2n) is 9.66. The van der Waals surface area contributed by atoms with Crippen LogP contribution in [0.3, 0.4) is 0 Å². The number of amides is 3. The lowest BCUT2D eigenvalue weighted by molar-refractivity contribution is -0.137. The molecule has 0 saturated carbocycles. The Labute approximate surface area is 249 Å². The number of hydrogen-bond acceptors (Lipinski definition) is 6. The van der Waals surface area contributed by atoms with Crippen molar-refractivity contribution in [1.29, 1.82) is 0 Å². The van der Waals surface area contributed by atoms with Gasteiger partial charge in [-0.3, -0.25) is 23.7 Å². The van der Waals surface area contributed by atoms with Crippen LogP contribution < -0.4 is 15.1 Å². The fourth-order valence-electron chi connectivity index (χ4n) is 5.29. The van der Waals surface area contributed by atoms with Crippen molar-refractivity contribution >= 4 is 63.8 Å². The molecule has 0 aliphatic carbocycles. The summed E-state index contributed by atoms with van der Waals surface area (Å²) in [6.07, 6.45) is -4.70. The summed E-state index contributed by atoms with van der Waals surface area (Å²) in [5.41, 5.74) is -0.382. The SMILES string of the molecule is O=C(Cn1c2c(sc1=O)[C@H](c1ccc(Cl)cc1)C1C(=O)N(c3ccccc3)C(=O)C1S2)Nc1ccccc1C(F)(F)F. The Morgan fingerprint density at radius 2 is 1.57 bits per heavy atom. The summed E-state index contributed by atoms with van der Waals surface area (Å²) in [6.45, 7) is -0.584. The molecule has 214 valence electrons.